The Morgan fingerprint density at radius 3 is 2.33 bits per heavy atom. The molecule has 0 bridgehead atoms. The number of hydrogen-bond donors (Lipinski definition) is 1. The molecular formula is C31H40N4O7. The highest BCUT2D eigenvalue weighted by Gasteiger charge is 2.40. The molecule has 4 rings (SSSR count). The topological polar surface area (TPSA) is 110 Å². The fourth-order valence-electron chi connectivity index (χ4n) is 5.49. The standard InChI is InChI=1S/C31H40N4O7/c1-6-35-24(20-33-16-9-17-34(19-18-33)29(36)21-12-14-22(39-3)15-13-21)26(30(37)42-7-2)27(32-31(35)38)23-10-8-11-25(40-4)28(23)41-5/h8,10-15,27H,6-7,9,16-20H2,1-5H3,(H,32,38). The number of likely N-dealkylation sites (N-methyl/N-ethyl adjacent to an activating group) is 1. The first-order valence-electron chi connectivity index (χ1n) is 14.2. The Labute approximate surface area is 246 Å². The fraction of sp³-hybridized carbons (Fsp3) is 0.452. The van der Waals surface area contributed by atoms with Gasteiger partial charge in [-0.05, 0) is 50.6 Å². The maximum Gasteiger partial charge on any atom is 0.338 e. The summed E-state index contributed by atoms with van der Waals surface area (Å²) >= 11 is 0. The second-order valence-corrected chi connectivity index (χ2v) is 9.94. The largest absolute Gasteiger partial charge is 0.497 e. The van der Waals surface area contributed by atoms with Crippen molar-refractivity contribution in [1.29, 1.82) is 0 Å². The monoisotopic (exact) mass is 580 g/mol. The average molecular weight is 581 g/mol. The number of nitrogens with one attached hydrogen (secondary N) is 1. The van der Waals surface area contributed by atoms with Gasteiger partial charge in [-0.2, -0.15) is 0 Å². The number of carbonyl (C=O) groups excluding carboxylic acids is 3. The van der Waals surface area contributed by atoms with E-state index in [0.29, 0.717) is 78.9 Å². The number of ether oxygens (including phenoxy) is 4. The number of carbonyl (C=O) groups is 3. The average Bonchev–Trinajstić information content (AvgIpc) is 3.25. The number of para-hydroxylation sites is 1. The highest BCUT2D eigenvalue weighted by Crippen LogP contribution is 2.40. The van der Waals surface area contributed by atoms with E-state index in [0.717, 1.165) is 6.42 Å². The summed E-state index contributed by atoms with van der Waals surface area (Å²) in [4.78, 5) is 45.8. The van der Waals surface area contributed by atoms with Crippen LogP contribution >= 0.6 is 0 Å². The van der Waals surface area contributed by atoms with Gasteiger partial charge in [-0.1, -0.05) is 12.1 Å². The second kappa shape index (κ2) is 14.1. The summed E-state index contributed by atoms with van der Waals surface area (Å²) < 4.78 is 21.9. The number of rotatable bonds is 10. The van der Waals surface area contributed by atoms with Gasteiger partial charge in [0.15, 0.2) is 11.5 Å². The van der Waals surface area contributed by atoms with Crippen LogP contribution in [0.15, 0.2) is 53.7 Å². The Kier molecular flexibility index (Phi) is 10.3. The molecule has 2 aliphatic heterocycles. The van der Waals surface area contributed by atoms with Crippen molar-refractivity contribution >= 4 is 17.9 Å². The molecule has 2 aliphatic rings. The third-order valence-corrected chi connectivity index (χ3v) is 7.58. The van der Waals surface area contributed by atoms with Crippen LogP contribution in [0.2, 0.25) is 0 Å². The van der Waals surface area contributed by atoms with Crippen molar-refractivity contribution in [2.75, 3.05) is 67.2 Å². The van der Waals surface area contributed by atoms with Crippen LogP contribution in [0.3, 0.4) is 0 Å². The van der Waals surface area contributed by atoms with Gasteiger partial charge in [0.25, 0.3) is 5.91 Å². The Bertz CT molecular complexity index is 1310. The van der Waals surface area contributed by atoms with Crippen molar-refractivity contribution in [2.45, 2.75) is 26.3 Å². The van der Waals surface area contributed by atoms with Crippen molar-refractivity contribution in [3.05, 3.63) is 64.9 Å². The molecule has 2 heterocycles. The molecule has 0 saturated carbocycles. The number of esters is 1. The summed E-state index contributed by atoms with van der Waals surface area (Å²) in [5, 5.41) is 2.99. The van der Waals surface area contributed by atoms with E-state index >= 15 is 0 Å². The lowest BCUT2D eigenvalue weighted by Gasteiger charge is -2.38. The Hall–Kier alpha value is -4.25. The number of methoxy groups -OCH3 is 3. The molecule has 3 amide bonds. The molecule has 0 aromatic heterocycles. The Balaban J connectivity index is 1.66. The highest BCUT2D eigenvalue weighted by molar-refractivity contribution is 5.96. The quantitative estimate of drug-likeness (QED) is 0.426. The van der Waals surface area contributed by atoms with Crippen molar-refractivity contribution in [3.63, 3.8) is 0 Å². The van der Waals surface area contributed by atoms with Crippen molar-refractivity contribution in [2.24, 2.45) is 0 Å². The molecule has 1 N–H and O–H groups in total. The number of hydrogen-bond acceptors (Lipinski definition) is 8. The molecule has 2 aromatic rings. The Morgan fingerprint density at radius 1 is 0.929 bits per heavy atom. The minimum Gasteiger partial charge on any atom is -0.497 e. The molecule has 0 aliphatic carbocycles. The molecule has 1 fully saturated rings. The predicted octanol–water partition coefficient (Wildman–Crippen LogP) is 3.46. The molecule has 42 heavy (non-hydrogen) atoms. The van der Waals surface area contributed by atoms with Crippen LogP contribution in [-0.4, -0.2) is 99.8 Å². The van der Waals surface area contributed by atoms with Gasteiger partial charge in [0.05, 0.1) is 39.6 Å². The van der Waals surface area contributed by atoms with Crippen LogP contribution in [0.1, 0.15) is 42.2 Å². The molecule has 0 spiro atoms. The van der Waals surface area contributed by atoms with E-state index in [1.807, 2.05) is 11.8 Å². The smallest absolute Gasteiger partial charge is 0.338 e. The van der Waals surface area contributed by atoms with E-state index in [9.17, 15) is 14.4 Å². The van der Waals surface area contributed by atoms with E-state index in [1.54, 1.807) is 61.4 Å². The third kappa shape index (κ3) is 6.46. The van der Waals surface area contributed by atoms with Gasteiger partial charge in [-0.25, -0.2) is 9.59 Å². The van der Waals surface area contributed by atoms with Crippen LogP contribution in [0.25, 0.3) is 0 Å². The molecule has 1 atom stereocenters. The zero-order valence-corrected chi connectivity index (χ0v) is 25.0. The molecule has 226 valence electrons. The summed E-state index contributed by atoms with van der Waals surface area (Å²) in [5.74, 6) is 1.07. The summed E-state index contributed by atoms with van der Waals surface area (Å²) in [6.07, 6.45) is 0.745. The maximum atomic E-state index is 13.6. The van der Waals surface area contributed by atoms with E-state index < -0.39 is 12.0 Å². The summed E-state index contributed by atoms with van der Waals surface area (Å²) in [7, 11) is 4.65. The first-order valence-corrected chi connectivity index (χ1v) is 14.2. The third-order valence-electron chi connectivity index (χ3n) is 7.58. The molecule has 0 radical (unpaired) electrons. The van der Waals surface area contributed by atoms with Crippen molar-refractivity contribution < 1.29 is 33.3 Å². The van der Waals surface area contributed by atoms with Crippen LogP contribution in [-0.2, 0) is 9.53 Å². The van der Waals surface area contributed by atoms with E-state index in [-0.39, 0.29) is 18.5 Å². The normalized spacial score (nSPS) is 17.8. The van der Waals surface area contributed by atoms with E-state index in [1.165, 1.54) is 14.2 Å². The van der Waals surface area contributed by atoms with Crippen LogP contribution in [0.5, 0.6) is 17.2 Å². The van der Waals surface area contributed by atoms with Gasteiger partial charge in [0.2, 0.25) is 0 Å². The number of nitrogens with zero attached hydrogens (tertiary/aromatic N) is 3. The van der Waals surface area contributed by atoms with Gasteiger partial charge >= 0.3 is 12.0 Å². The second-order valence-electron chi connectivity index (χ2n) is 9.94. The fourth-order valence-corrected chi connectivity index (χ4v) is 5.49. The van der Waals surface area contributed by atoms with Gasteiger partial charge in [0.1, 0.15) is 5.75 Å². The minimum absolute atomic E-state index is 0.0386. The first kappa shape index (κ1) is 30.7. The Morgan fingerprint density at radius 2 is 1.69 bits per heavy atom. The predicted molar refractivity (Wildman–Crippen MR) is 157 cm³/mol. The minimum atomic E-state index is -0.806. The molecule has 2 aromatic carbocycles. The molecule has 1 saturated heterocycles. The lowest BCUT2D eigenvalue weighted by atomic mass is 9.93. The van der Waals surface area contributed by atoms with Crippen LogP contribution in [0, 0.1) is 0 Å². The number of benzene rings is 2. The molecule has 1 unspecified atom stereocenters. The highest BCUT2D eigenvalue weighted by atomic mass is 16.5. The molecular weight excluding hydrogens is 540 g/mol. The summed E-state index contributed by atoms with van der Waals surface area (Å²) in [5.41, 5.74) is 2.12. The SMILES string of the molecule is CCOC(=O)C1=C(CN2CCCN(C(=O)c3ccc(OC)cc3)CC2)N(CC)C(=O)NC1c1cccc(OC)c1OC. The number of amides is 3. The van der Waals surface area contributed by atoms with Crippen molar-refractivity contribution in [3.8, 4) is 17.2 Å². The summed E-state index contributed by atoms with van der Waals surface area (Å²) in [6.45, 7) is 6.89. The van der Waals surface area contributed by atoms with Crippen LogP contribution in [0.4, 0.5) is 4.79 Å². The molecule has 11 nitrogen and oxygen atoms in total. The van der Waals surface area contributed by atoms with E-state index in [2.05, 4.69) is 10.2 Å². The first-order chi connectivity index (χ1) is 20.4. The van der Waals surface area contributed by atoms with Crippen molar-refractivity contribution in [1.82, 2.24) is 20.0 Å². The van der Waals surface area contributed by atoms with Gasteiger partial charge in [0, 0.05) is 56.1 Å². The van der Waals surface area contributed by atoms with E-state index in [4.69, 9.17) is 18.9 Å². The lowest BCUT2D eigenvalue weighted by Crippen LogP contribution is -2.51. The number of urea groups is 1. The molecule has 11 heteroatoms. The van der Waals surface area contributed by atoms with Gasteiger partial charge < -0.3 is 29.2 Å². The van der Waals surface area contributed by atoms with Gasteiger partial charge in [-0.3, -0.25) is 14.6 Å². The maximum absolute atomic E-state index is 13.6. The summed E-state index contributed by atoms with van der Waals surface area (Å²) in [6, 6.07) is 11.3. The zero-order valence-electron chi connectivity index (χ0n) is 25.0. The van der Waals surface area contributed by atoms with Gasteiger partial charge in [-0.15, -0.1) is 0 Å². The zero-order chi connectivity index (χ0) is 30.2. The lowest BCUT2D eigenvalue weighted by molar-refractivity contribution is -0.139. The van der Waals surface area contributed by atoms with Crippen LogP contribution < -0.4 is 19.5 Å².